The lowest BCUT2D eigenvalue weighted by Gasteiger charge is -2.22. The van der Waals surface area contributed by atoms with Crippen molar-refractivity contribution in [3.05, 3.63) is 28.6 Å². The molecule has 0 unspecified atom stereocenters. The Labute approximate surface area is 144 Å². The van der Waals surface area contributed by atoms with Crippen LogP contribution in [0.15, 0.2) is 23.7 Å². The van der Waals surface area contributed by atoms with Gasteiger partial charge in [0.15, 0.2) is 0 Å². The molecule has 24 heavy (non-hydrogen) atoms. The van der Waals surface area contributed by atoms with Crippen LogP contribution in [0.4, 0.5) is 5.95 Å². The van der Waals surface area contributed by atoms with Crippen LogP contribution in [-0.4, -0.2) is 61.2 Å². The Kier molecular flexibility index (Phi) is 5.14. The second-order valence-corrected chi connectivity index (χ2v) is 6.27. The smallest absolute Gasteiger partial charge is 0.267 e. The van der Waals surface area contributed by atoms with E-state index in [0.717, 1.165) is 13.0 Å². The molecule has 0 N–H and O–H groups in total. The van der Waals surface area contributed by atoms with Crippen LogP contribution >= 0.6 is 11.3 Å². The van der Waals surface area contributed by atoms with Gasteiger partial charge in [-0.3, -0.25) is 4.79 Å². The van der Waals surface area contributed by atoms with Gasteiger partial charge in [0, 0.05) is 38.4 Å². The zero-order valence-corrected chi connectivity index (χ0v) is 14.6. The van der Waals surface area contributed by atoms with E-state index in [4.69, 9.17) is 9.47 Å². The lowest BCUT2D eigenvalue weighted by Crippen LogP contribution is -2.35. The molecule has 8 heteroatoms. The Bertz CT molecular complexity index is 706. The first-order chi connectivity index (χ1) is 11.7. The molecule has 0 atom stereocenters. The summed E-state index contributed by atoms with van der Waals surface area (Å²) in [5, 5.41) is 1.88. The summed E-state index contributed by atoms with van der Waals surface area (Å²) in [4.78, 5) is 26.0. The van der Waals surface area contributed by atoms with E-state index >= 15 is 0 Å². The molecule has 3 rings (SSSR count). The number of amides is 1. The second kappa shape index (κ2) is 7.48. The van der Waals surface area contributed by atoms with Gasteiger partial charge in [0.25, 0.3) is 5.91 Å². The fourth-order valence-corrected chi connectivity index (χ4v) is 3.50. The van der Waals surface area contributed by atoms with Crippen molar-refractivity contribution in [2.75, 3.05) is 45.3 Å². The Morgan fingerprint density at radius 3 is 2.83 bits per heavy atom. The van der Waals surface area contributed by atoms with Crippen LogP contribution in [0.3, 0.4) is 0 Å². The fraction of sp³-hybridized carbons (Fsp3) is 0.438. The molecular formula is C16H20N4O3S. The molecule has 1 fully saturated rings. The number of carbonyl (C=O) groups excluding carboxylic acids is 1. The van der Waals surface area contributed by atoms with Gasteiger partial charge in [0.2, 0.25) is 11.8 Å². The predicted octanol–water partition coefficient (Wildman–Crippen LogP) is 1.91. The first-order valence-corrected chi connectivity index (χ1v) is 8.63. The van der Waals surface area contributed by atoms with E-state index in [1.165, 1.54) is 11.3 Å². The molecular weight excluding hydrogens is 328 g/mol. The summed E-state index contributed by atoms with van der Waals surface area (Å²) in [6, 6.07) is 3.55. The lowest BCUT2D eigenvalue weighted by atomic mass is 10.3. The molecule has 1 saturated heterocycles. The Hall–Kier alpha value is -2.35. The van der Waals surface area contributed by atoms with Gasteiger partial charge in [-0.15, -0.1) is 11.3 Å². The highest BCUT2D eigenvalue weighted by Gasteiger charge is 2.24. The minimum absolute atomic E-state index is 0.0234. The standard InChI is InChI=1S/C16H20N4O3S/c1-22-12-5-11-24-14(12)15(21)19-7-3-8-20(10-9-19)16-17-6-4-13(18-16)23-2/h4-6,11H,3,7-10H2,1-2H3. The number of rotatable bonds is 4. The van der Waals surface area contributed by atoms with E-state index < -0.39 is 0 Å². The van der Waals surface area contributed by atoms with Crippen molar-refractivity contribution in [3.8, 4) is 11.6 Å². The van der Waals surface area contributed by atoms with E-state index in [1.807, 2.05) is 16.3 Å². The molecule has 0 aliphatic carbocycles. The van der Waals surface area contributed by atoms with E-state index in [0.29, 0.717) is 42.1 Å². The van der Waals surface area contributed by atoms with Crippen molar-refractivity contribution in [1.29, 1.82) is 0 Å². The maximum atomic E-state index is 12.7. The Balaban J connectivity index is 1.69. The van der Waals surface area contributed by atoms with Crippen LogP contribution in [0.25, 0.3) is 0 Å². The van der Waals surface area contributed by atoms with Gasteiger partial charge < -0.3 is 19.3 Å². The third-order valence-electron chi connectivity index (χ3n) is 3.94. The van der Waals surface area contributed by atoms with Crippen molar-refractivity contribution < 1.29 is 14.3 Å². The summed E-state index contributed by atoms with van der Waals surface area (Å²) in [5.41, 5.74) is 0. The zero-order valence-electron chi connectivity index (χ0n) is 13.8. The van der Waals surface area contributed by atoms with E-state index in [-0.39, 0.29) is 5.91 Å². The highest BCUT2D eigenvalue weighted by molar-refractivity contribution is 7.12. The normalized spacial score (nSPS) is 15.1. The predicted molar refractivity (Wildman–Crippen MR) is 92.2 cm³/mol. The molecule has 2 aromatic rings. The molecule has 2 aromatic heterocycles. The maximum Gasteiger partial charge on any atom is 0.267 e. The largest absolute Gasteiger partial charge is 0.495 e. The van der Waals surface area contributed by atoms with Crippen LogP contribution in [0.2, 0.25) is 0 Å². The number of anilines is 1. The molecule has 0 saturated carbocycles. The number of methoxy groups -OCH3 is 2. The molecule has 1 amide bonds. The molecule has 0 spiro atoms. The first-order valence-electron chi connectivity index (χ1n) is 7.75. The van der Waals surface area contributed by atoms with Gasteiger partial charge in [-0.2, -0.15) is 4.98 Å². The molecule has 7 nitrogen and oxygen atoms in total. The van der Waals surface area contributed by atoms with Crippen LogP contribution in [-0.2, 0) is 0 Å². The van der Waals surface area contributed by atoms with Gasteiger partial charge in [0.1, 0.15) is 10.6 Å². The van der Waals surface area contributed by atoms with E-state index in [2.05, 4.69) is 14.9 Å². The molecule has 0 aromatic carbocycles. The summed E-state index contributed by atoms with van der Waals surface area (Å²) in [6.45, 7) is 2.83. The summed E-state index contributed by atoms with van der Waals surface area (Å²) in [6.07, 6.45) is 2.55. The van der Waals surface area contributed by atoms with E-state index in [1.54, 1.807) is 26.5 Å². The number of nitrogens with zero attached hydrogens (tertiary/aromatic N) is 4. The molecule has 0 radical (unpaired) electrons. The highest BCUT2D eigenvalue weighted by atomic mass is 32.1. The average Bonchev–Trinajstić information content (AvgIpc) is 2.97. The lowest BCUT2D eigenvalue weighted by molar-refractivity contribution is 0.0769. The van der Waals surface area contributed by atoms with Gasteiger partial charge in [-0.1, -0.05) is 0 Å². The maximum absolute atomic E-state index is 12.7. The second-order valence-electron chi connectivity index (χ2n) is 5.35. The highest BCUT2D eigenvalue weighted by Crippen LogP contribution is 2.26. The third-order valence-corrected chi connectivity index (χ3v) is 4.82. The summed E-state index contributed by atoms with van der Waals surface area (Å²) >= 11 is 1.41. The molecule has 1 aliphatic heterocycles. The Morgan fingerprint density at radius 1 is 1.17 bits per heavy atom. The van der Waals surface area contributed by atoms with Crippen LogP contribution in [0.1, 0.15) is 16.1 Å². The van der Waals surface area contributed by atoms with Crippen LogP contribution < -0.4 is 14.4 Å². The quantitative estimate of drug-likeness (QED) is 0.841. The van der Waals surface area contributed by atoms with Gasteiger partial charge >= 0.3 is 0 Å². The van der Waals surface area contributed by atoms with Crippen molar-refractivity contribution in [2.24, 2.45) is 0 Å². The van der Waals surface area contributed by atoms with Crippen molar-refractivity contribution in [1.82, 2.24) is 14.9 Å². The van der Waals surface area contributed by atoms with Gasteiger partial charge in [-0.05, 0) is 17.9 Å². The van der Waals surface area contributed by atoms with Crippen molar-refractivity contribution in [2.45, 2.75) is 6.42 Å². The van der Waals surface area contributed by atoms with Crippen LogP contribution in [0.5, 0.6) is 11.6 Å². The monoisotopic (exact) mass is 348 g/mol. The summed E-state index contributed by atoms with van der Waals surface area (Å²) in [7, 11) is 3.17. The fourth-order valence-electron chi connectivity index (χ4n) is 2.68. The molecule has 0 bridgehead atoms. The minimum atomic E-state index is 0.0234. The average molecular weight is 348 g/mol. The zero-order chi connectivity index (χ0) is 16.9. The number of hydrogen-bond donors (Lipinski definition) is 0. The topological polar surface area (TPSA) is 67.8 Å². The SMILES string of the molecule is COc1ccnc(N2CCCN(C(=O)c3sccc3OC)CC2)n1. The number of hydrogen-bond acceptors (Lipinski definition) is 7. The Morgan fingerprint density at radius 2 is 2.04 bits per heavy atom. The first kappa shape index (κ1) is 16.5. The molecule has 1 aliphatic rings. The van der Waals surface area contributed by atoms with Crippen molar-refractivity contribution in [3.63, 3.8) is 0 Å². The molecule has 128 valence electrons. The number of aromatic nitrogens is 2. The molecule has 3 heterocycles. The minimum Gasteiger partial charge on any atom is -0.495 e. The van der Waals surface area contributed by atoms with Gasteiger partial charge in [-0.25, -0.2) is 4.98 Å². The summed E-state index contributed by atoms with van der Waals surface area (Å²) in [5.74, 6) is 1.84. The van der Waals surface area contributed by atoms with E-state index in [9.17, 15) is 4.79 Å². The number of carbonyl (C=O) groups is 1. The third kappa shape index (κ3) is 3.43. The number of thiophene rings is 1. The van der Waals surface area contributed by atoms with Crippen molar-refractivity contribution >= 4 is 23.2 Å². The van der Waals surface area contributed by atoms with Crippen LogP contribution in [0, 0.1) is 0 Å². The van der Waals surface area contributed by atoms with Gasteiger partial charge in [0.05, 0.1) is 14.2 Å². The summed E-state index contributed by atoms with van der Waals surface area (Å²) < 4.78 is 10.4. The number of ether oxygens (including phenoxy) is 2.